The molecule has 3 aliphatic rings. The van der Waals surface area contributed by atoms with Crippen molar-refractivity contribution in [1.82, 2.24) is 26.3 Å². The Morgan fingerprint density at radius 2 is 1.21 bits per heavy atom. The first kappa shape index (κ1) is 34.4. The number of hydrogen-bond acceptors (Lipinski definition) is 8. The van der Waals surface area contributed by atoms with Gasteiger partial charge in [-0.3, -0.25) is 14.6 Å². The first-order valence-electron chi connectivity index (χ1n) is 13.9. The van der Waals surface area contributed by atoms with Crippen molar-refractivity contribution in [3.8, 4) is 0 Å². The topological polar surface area (TPSA) is 162 Å². The number of carbonyl (C=O) groups is 2. The molecule has 1 aliphatic heterocycles. The fraction of sp³-hybridized carbons (Fsp3) is 0.741. The monoisotopic (exact) mass is 575 g/mol. The normalized spacial score (nSPS) is 26.4. The third-order valence-electron chi connectivity index (χ3n) is 7.12. The second-order valence-corrected chi connectivity index (χ2v) is 10.2. The van der Waals surface area contributed by atoms with Gasteiger partial charge < -0.3 is 37.2 Å². The van der Waals surface area contributed by atoms with Crippen molar-refractivity contribution in [2.45, 2.75) is 115 Å². The molecule has 2 heterocycles. The molecular formula is C27H48MnN6O4. The number of carboxylic acid groups (broad SMARTS) is 2. The zero-order chi connectivity index (χ0) is 27.0. The molecule has 217 valence electrons. The molecular weight excluding hydrogens is 527 g/mol. The summed E-state index contributed by atoms with van der Waals surface area (Å²) in [5.74, 6) is -1.71. The van der Waals surface area contributed by atoms with Crippen LogP contribution in [0.3, 0.4) is 0 Å². The molecule has 5 atom stereocenters. The molecule has 2 saturated carbocycles. The fourth-order valence-corrected chi connectivity index (χ4v) is 4.95. The smallest absolute Gasteiger partial charge is 0.320 e. The van der Waals surface area contributed by atoms with Crippen LogP contribution in [0, 0.1) is 0 Å². The van der Waals surface area contributed by atoms with Crippen LogP contribution >= 0.6 is 0 Å². The quantitative estimate of drug-likeness (QED) is 0.260. The van der Waals surface area contributed by atoms with Crippen molar-refractivity contribution < 1.29 is 36.9 Å². The Bertz CT molecular complexity index is 770. The minimum atomic E-state index is -0.963. The Morgan fingerprint density at radius 3 is 1.53 bits per heavy atom. The maximum Gasteiger partial charge on any atom is 0.320 e. The predicted octanol–water partition coefficient (Wildman–Crippen LogP) is 1.97. The summed E-state index contributed by atoms with van der Waals surface area (Å²) in [5.41, 5.74) is 7.17. The Balaban J connectivity index is 0.000000512. The summed E-state index contributed by atoms with van der Waals surface area (Å²) in [6, 6.07) is 8.07. The van der Waals surface area contributed by atoms with E-state index >= 15 is 0 Å². The predicted molar refractivity (Wildman–Crippen MR) is 145 cm³/mol. The first-order valence-corrected chi connectivity index (χ1v) is 13.9. The molecule has 0 aromatic carbocycles. The molecule has 0 amide bonds. The Hall–Kier alpha value is -1.59. The minimum absolute atomic E-state index is 0. The molecule has 10 nitrogen and oxygen atoms in total. The van der Waals surface area contributed by atoms with E-state index in [1.807, 2.05) is 0 Å². The van der Waals surface area contributed by atoms with Crippen LogP contribution in [0.4, 0.5) is 0 Å². The van der Waals surface area contributed by atoms with E-state index in [4.69, 9.17) is 20.9 Å². The molecule has 0 spiro atoms. The number of nitrogens with two attached hydrogens (primary N) is 1. The minimum Gasteiger partial charge on any atom is -0.481 e. The molecule has 0 saturated heterocycles. The van der Waals surface area contributed by atoms with Gasteiger partial charge in [0.15, 0.2) is 0 Å². The zero-order valence-electron chi connectivity index (χ0n) is 22.9. The van der Waals surface area contributed by atoms with Gasteiger partial charge in [-0.15, -0.1) is 0 Å². The second kappa shape index (κ2) is 19.5. The number of carboxylic acids is 2. The van der Waals surface area contributed by atoms with Crippen molar-refractivity contribution in [2.75, 3.05) is 13.1 Å². The van der Waals surface area contributed by atoms with Gasteiger partial charge in [-0.2, -0.15) is 0 Å². The van der Waals surface area contributed by atoms with Gasteiger partial charge in [0.2, 0.25) is 0 Å². The molecule has 11 heteroatoms. The first-order chi connectivity index (χ1) is 17.8. The molecule has 38 heavy (non-hydrogen) atoms. The van der Waals surface area contributed by atoms with Crippen LogP contribution in [-0.2, 0) is 39.7 Å². The summed E-state index contributed by atoms with van der Waals surface area (Å²) in [4.78, 5) is 23.8. The van der Waals surface area contributed by atoms with E-state index < -0.39 is 18.0 Å². The SMILES string of the molecule is CCC(=O)O.C[C@H](N)C(=O)O.[Mn].c1cc2nc(c1)CN[C@H]1CCCC[C@@H]1NCCN[C@H]1CCCC[C@@H]1NC2. The summed E-state index contributed by atoms with van der Waals surface area (Å²) < 4.78 is 0. The average molecular weight is 576 g/mol. The third-order valence-corrected chi connectivity index (χ3v) is 7.12. The van der Waals surface area contributed by atoms with Crippen molar-refractivity contribution in [2.24, 2.45) is 5.73 Å². The van der Waals surface area contributed by atoms with Crippen LogP contribution in [0.25, 0.3) is 0 Å². The number of pyridine rings is 1. The van der Waals surface area contributed by atoms with Crippen molar-refractivity contribution in [3.63, 3.8) is 0 Å². The summed E-state index contributed by atoms with van der Waals surface area (Å²) >= 11 is 0. The zero-order valence-corrected chi connectivity index (χ0v) is 24.1. The van der Waals surface area contributed by atoms with Gasteiger partial charge in [-0.1, -0.05) is 38.7 Å². The molecule has 8 N–H and O–H groups in total. The third kappa shape index (κ3) is 13.5. The molecule has 2 aliphatic carbocycles. The maximum absolute atomic E-state index is 9.57. The number of nitrogens with zero attached hydrogens (tertiary/aromatic N) is 1. The van der Waals surface area contributed by atoms with E-state index in [0.29, 0.717) is 24.2 Å². The van der Waals surface area contributed by atoms with Gasteiger partial charge in [0.05, 0.1) is 11.4 Å². The molecule has 2 bridgehead atoms. The fourth-order valence-electron chi connectivity index (χ4n) is 4.95. The number of aliphatic carboxylic acids is 2. The van der Waals surface area contributed by atoms with Gasteiger partial charge in [0.25, 0.3) is 0 Å². The van der Waals surface area contributed by atoms with Crippen molar-refractivity contribution in [3.05, 3.63) is 29.6 Å². The number of aromatic nitrogens is 1. The van der Waals surface area contributed by atoms with E-state index in [9.17, 15) is 9.59 Å². The summed E-state index contributed by atoms with van der Waals surface area (Å²) in [6.07, 6.45) is 10.7. The summed E-state index contributed by atoms with van der Waals surface area (Å²) in [7, 11) is 0. The van der Waals surface area contributed by atoms with Gasteiger partial charge >= 0.3 is 11.9 Å². The Morgan fingerprint density at radius 1 is 0.868 bits per heavy atom. The van der Waals surface area contributed by atoms with Crippen molar-refractivity contribution in [1.29, 1.82) is 0 Å². The maximum atomic E-state index is 9.57. The van der Waals surface area contributed by atoms with Gasteiger partial charge in [0.1, 0.15) is 6.04 Å². The largest absolute Gasteiger partial charge is 0.481 e. The van der Waals surface area contributed by atoms with Gasteiger partial charge in [-0.25, -0.2) is 0 Å². The van der Waals surface area contributed by atoms with Crippen molar-refractivity contribution >= 4 is 11.9 Å². The Kier molecular flexibility index (Phi) is 17.6. The molecule has 1 radical (unpaired) electrons. The van der Waals surface area contributed by atoms with Crippen LogP contribution in [0.15, 0.2) is 18.2 Å². The van der Waals surface area contributed by atoms with E-state index in [-0.39, 0.29) is 23.5 Å². The van der Waals surface area contributed by atoms with E-state index in [2.05, 4.69) is 39.5 Å². The molecule has 2 fully saturated rings. The van der Waals surface area contributed by atoms with Crippen LogP contribution < -0.4 is 27.0 Å². The van der Waals surface area contributed by atoms with Crippen LogP contribution in [-0.4, -0.2) is 70.4 Å². The van der Waals surface area contributed by atoms with Gasteiger partial charge in [-0.05, 0) is 44.7 Å². The Labute approximate surface area is 238 Å². The summed E-state index contributed by atoms with van der Waals surface area (Å²) in [5, 5.41) is 30.8. The number of hydrogen-bond donors (Lipinski definition) is 7. The van der Waals surface area contributed by atoms with Gasteiger partial charge in [0, 0.05) is 73.8 Å². The second-order valence-electron chi connectivity index (χ2n) is 10.2. The van der Waals surface area contributed by atoms with Crippen LogP contribution in [0.1, 0.15) is 83.0 Å². The average Bonchev–Trinajstić information content (AvgIpc) is 2.90. The molecule has 1 aromatic heterocycles. The van der Waals surface area contributed by atoms with Crippen LogP contribution in [0.5, 0.6) is 0 Å². The molecule has 0 unspecified atom stereocenters. The van der Waals surface area contributed by atoms with Crippen LogP contribution in [0.2, 0.25) is 0 Å². The molecule has 4 rings (SSSR count). The number of rotatable bonds is 2. The summed E-state index contributed by atoms with van der Waals surface area (Å²) in [6.45, 7) is 6.91. The molecule has 1 aromatic rings. The standard InChI is InChI=1S/C21H35N5.C3H7NO2.C3H6O2.Mn/c1-3-10-20-18(8-1)22-12-13-23-19-9-2-4-11-21(19)25-15-17-7-5-6-16(26-17)14-24-20;1-2(4)3(5)6;1-2-3(4)5;/h5-7,18-25H,1-4,8-15H2;2H,4H2,1H3,(H,5,6);2H2,1H3,(H,4,5);/t18-,19-,20-,21-;2-;;/m00../s1. The van der Waals surface area contributed by atoms with E-state index in [1.54, 1.807) is 6.92 Å². The number of fused-ring (bicyclic) bond motifs is 4. The number of nitrogens with one attached hydrogen (secondary N) is 4. The van der Waals surface area contributed by atoms with E-state index in [0.717, 1.165) is 26.2 Å². The van der Waals surface area contributed by atoms with E-state index in [1.165, 1.54) is 69.7 Å².